The average molecular weight is 518 g/mol. The maximum atomic E-state index is 13.1. The van der Waals surface area contributed by atoms with Crippen LogP contribution in [0.4, 0.5) is 10.8 Å². The van der Waals surface area contributed by atoms with Crippen molar-refractivity contribution in [1.29, 1.82) is 0 Å². The summed E-state index contributed by atoms with van der Waals surface area (Å²) in [6, 6.07) is 8.15. The van der Waals surface area contributed by atoms with Gasteiger partial charge in [-0.2, -0.15) is 0 Å². The van der Waals surface area contributed by atoms with Crippen LogP contribution in [0.2, 0.25) is 5.02 Å². The summed E-state index contributed by atoms with van der Waals surface area (Å²) in [5.41, 5.74) is 0.375. The SMILES string of the molecule is CCC(C)C(NC(=O)c1ccc(Cl)c([N+](=O)[O-])c1)C(=O)Nc1nnc(-c2ccc3c(c2)OCO3)s1. The number of nitro benzene ring substituents is 1. The second-order valence-corrected chi connectivity index (χ2v) is 9.11. The Kier molecular flexibility index (Phi) is 7.12. The van der Waals surface area contributed by atoms with Gasteiger partial charge in [0.25, 0.3) is 11.6 Å². The molecule has 13 heteroatoms. The van der Waals surface area contributed by atoms with Gasteiger partial charge in [-0.05, 0) is 36.2 Å². The van der Waals surface area contributed by atoms with Gasteiger partial charge in [-0.15, -0.1) is 10.2 Å². The van der Waals surface area contributed by atoms with E-state index in [1.807, 2.05) is 19.9 Å². The minimum atomic E-state index is -0.917. The van der Waals surface area contributed by atoms with E-state index in [-0.39, 0.29) is 28.4 Å². The van der Waals surface area contributed by atoms with Crippen molar-refractivity contribution in [1.82, 2.24) is 15.5 Å². The van der Waals surface area contributed by atoms with Gasteiger partial charge in [0.05, 0.1) is 4.92 Å². The number of anilines is 1. The largest absolute Gasteiger partial charge is 0.454 e. The first-order chi connectivity index (χ1) is 16.8. The van der Waals surface area contributed by atoms with Crippen LogP contribution in [0.25, 0.3) is 10.6 Å². The summed E-state index contributed by atoms with van der Waals surface area (Å²) in [5, 5.41) is 25.4. The number of hydrogen-bond acceptors (Lipinski definition) is 9. The van der Waals surface area contributed by atoms with Crippen molar-refractivity contribution in [2.75, 3.05) is 12.1 Å². The Bertz CT molecular complexity index is 1300. The molecule has 2 aromatic carbocycles. The molecule has 0 aliphatic carbocycles. The number of aromatic nitrogens is 2. The van der Waals surface area contributed by atoms with Crippen molar-refractivity contribution in [2.24, 2.45) is 5.92 Å². The first kappa shape index (κ1) is 24.4. The Morgan fingerprint density at radius 2 is 1.97 bits per heavy atom. The molecule has 2 atom stereocenters. The Morgan fingerprint density at radius 1 is 1.20 bits per heavy atom. The molecule has 2 heterocycles. The molecule has 2 amide bonds. The zero-order chi connectivity index (χ0) is 25.1. The first-order valence-electron chi connectivity index (χ1n) is 10.6. The number of ether oxygens (including phenoxy) is 2. The highest BCUT2D eigenvalue weighted by Gasteiger charge is 2.28. The summed E-state index contributed by atoms with van der Waals surface area (Å²) in [4.78, 5) is 36.3. The minimum Gasteiger partial charge on any atom is -0.454 e. The molecule has 0 bridgehead atoms. The number of fused-ring (bicyclic) bond motifs is 1. The molecule has 1 aliphatic rings. The minimum absolute atomic E-state index is 0.0169. The third kappa shape index (κ3) is 5.33. The van der Waals surface area contributed by atoms with Crippen LogP contribution in [0, 0.1) is 16.0 Å². The number of amides is 2. The summed E-state index contributed by atoms with van der Waals surface area (Å²) in [7, 11) is 0. The van der Waals surface area contributed by atoms with Gasteiger partial charge in [0.2, 0.25) is 17.8 Å². The average Bonchev–Trinajstić information content (AvgIpc) is 3.50. The zero-order valence-electron chi connectivity index (χ0n) is 18.6. The lowest BCUT2D eigenvalue weighted by molar-refractivity contribution is -0.384. The third-order valence-electron chi connectivity index (χ3n) is 5.46. The van der Waals surface area contributed by atoms with E-state index in [0.29, 0.717) is 22.9 Å². The van der Waals surface area contributed by atoms with Crippen LogP contribution in [0.1, 0.15) is 30.6 Å². The van der Waals surface area contributed by atoms with Crippen LogP contribution in [-0.4, -0.2) is 39.8 Å². The molecule has 182 valence electrons. The van der Waals surface area contributed by atoms with E-state index >= 15 is 0 Å². The number of nitrogens with zero attached hydrogens (tertiary/aromatic N) is 3. The molecule has 4 rings (SSSR count). The molecule has 1 aliphatic heterocycles. The van der Waals surface area contributed by atoms with Crippen LogP contribution in [0.15, 0.2) is 36.4 Å². The maximum absolute atomic E-state index is 13.1. The number of carbonyl (C=O) groups excluding carboxylic acids is 2. The predicted octanol–water partition coefficient (Wildman–Crippen LogP) is 4.28. The quantitative estimate of drug-likeness (QED) is 0.332. The molecule has 0 saturated carbocycles. The number of nitrogens with one attached hydrogen (secondary N) is 2. The second kappa shape index (κ2) is 10.2. The molecule has 0 radical (unpaired) electrons. The van der Waals surface area contributed by atoms with E-state index in [4.69, 9.17) is 21.1 Å². The smallest absolute Gasteiger partial charge is 0.288 e. The molecular formula is C22H20ClN5O6S. The van der Waals surface area contributed by atoms with Gasteiger partial charge in [0.1, 0.15) is 16.1 Å². The number of carbonyl (C=O) groups is 2. The lowest BCUT2D eigenvalue weighted by atomic mass is 9.98. The highest BCUT2D eigenvalue weighted by Crippen LogP contribution is 2.37. The summed E-state index contributed by atoms with van der Waals surface area (Å²) in [5.74, 6) is -0.106. The molecule has 0 fully saturated rings. The van der Waals surface area contributed by atoms with Crippen LogP contribution in [0.5, 0.6) is 11.5 Å². The van der Waals surface area contributed by atoms with E-state index in [1.165, 1.54) is 23.5 Å². The molecule has 2 N–H and O–H groups in total. The number of hydrogen-bond donors (Lipinski definition) is 2. The fourth-order valence-corrected chi connectivity index (χ4v) is 4.25. The fourth-order valence-electron chi connectivity index (χ4n) is 3.32. The Labute approximate surface area is 208 Å². The molecule has 35 heavy (non-hydrogen) atoms. The van der Waals surface area contributed by atoms with Gasteiger partial charge >= 0.3 is 0 Å². The van der Waals surface area contributed by atoms with Gasteiger partial charge in [0.15, 0.2) is 11.5 Å². The maximum Gasteiger partial charge on any atom is 0.288 e. The first-order valence-corrected chi connectivity index (χ1v) is 11.8. The third-order valence-corrected chi connectivity index (χ3v) is 6.67. The molecule has 11 nitrogen and oxygen atoms in total. The fraction of sp³-hybridized carbons (Fsp3) is 0.273. The lowest BCUT2D eigenvalue weighted by Gasteiger charge is -2.23. The van der Waals surface area contributed by atoms with Crippen molar-refractivity contribution in [2.45, 2.75) is 26.3 Å². The van der Waals surface area contributed by atoms with E-state index in [9.17, 15) is 19.7 Å². The zero-order valence-corrected chi connectivity index (χ0v) is 20.2. The van der Waals surface area contributed by atoms with Gasteiger partial charge in [-0.1, -0.05) is 43.2 Å². The van der Waals surface area contributed by atoms with Gasteiger partial charge in [-0.25, -0.2) is 0 Å². The monoisotopic (exact) mass is 517 g/mol. The highest BCUT2D eigenvalue weighted by atomic mass is 35.5. The van der Waals surface area contributed by atoms with Gasteiger partial charge < -0.3 is 14.8 Å². The molecular weight excluding hydrogens is 498 g/mol. The van der Waals surface area contributed by atoms with Crippen molar-refractivity contribution in [3.8, 4) is 22.1 Å². The van der Waals surface area contributed by atoms with Gasteiger partial charge in [0, 0.05) is 17.2 Å². The predicted molar refractivity (Wildman–Crippen MR) is 129 cm³/mol. The Morgan fingerprint density at radius 3 is 2.71 bits per heavy atom. The Hall–Kier alpha value is -3.77. The standard InChI is InChI=1S/C22H20ClN5O6S/c1-3-11(2)18(24-19(29)12-4-6-14(23)15(8-12)28(31)32)20(30)25-22-27-26-21(35-22)13-5-7-16-17(9-13)34-10-33-16/h4-9,11,18H,3,10H2,1-2H3,(H,24,29)(H,25,27,30). The Balaban J connectivity index is 1.48. The molecule has 1 aromatic heterocycles. The second-order valence-electron chi connectivity index (χ2n) is 7.73. The molecule has 3 aromatic rings. The van der Waals surface area contributed by atoms with Gasteiger partial charge in [-0.3, -0.25) is 25.0 Å². The van der Waals surface area contributed by atoms with Crippen LogP contribution >= 0.6 is 22.9 Å². The van der Waals surface area contributed by atoms with E-state index in [1.54, 1.807) is 12.1 Å². The molecule has 0 spiro atoms. The van der Waals surface area contributed by atoms with E-state index in [2.05, 4.69) is 20.8 Å². The molecule has 0 saturated heterocycles. The highest BCUT2D eigenvalue weighted by molar-refractivity contribution is 7.18. The number of nitro groups is 1. The van der Waals surface area contributed by atoms with E-state index in [0.717, 1.165) is 11.6 Å². The summed E-state index contributed by atoms with van der Waals surface area (Å²) < 4.78 is 10.7. The topological polar surface area (TPSA) is 146 Å². The van der Waals surface area contributed by atoms with Crippen LogP contribution in [0.3, 0.4) is 0 Å². The number of rotatable bonds is 8. The van der Waals surface area contributed by atoms with E-state index < -0.39 is 28.5 Å². The summed E-state index contributed by atoms with van der Waals surface area (Å²) in [6.45, 7) is 3.85. The number of halogens is 1. The molecule has 2 unspecified atom stereocenters. The van der Waals surface area contributed by atoms with Crippen LogP contribution < -0.4 is 20.1 Å². The lowest BCUT2D eigenvalue weighted by Crippen LogP contribution is -2.47. The normalized spacial score (nSPS) is 13.7. The van der Waals surface area contributed by atoms with Crippen molar-refractivity contribution < 1.29 is 24.0 Å². The van der Waals surface area contributed by atoms with Crippen molar-refractivity contribution in [3.63, 3.8) is 0 Å². The number of benzene rings is 2. The summed E-state index contributed by atoms with van der Waals surface area (Å²) in [6.07, 6.45) is 0.595. The van der Waals surface area contributed by atoms with Crippen molar-refractivity contribution >= 4 is 45.6 Å². The van der Waals surface area contributed by atoms with Crippen LogP contribution in [-0.2, 0) is 4.79 Å². The summed E-state index contributed by atoms with van der Waals surface area (Å²) >= 11 is 6.99. The van der Waals surface area contributed by atoms with Crippen molar-refractivity contribution in [3.05, 3.63) is 57.1 Å².